The predicted molar refractivity (Wildman–Crippen MR) is 64.3 cm³/mol. The van der Waals surface area contributed by atoms with Gasteiger partial charge < -0.3 is 9.40 Å². The van der Waals surface area contributed by atoms with Crippen LogP contribution in [0.5, 0.6) is 0 Å². The predicted octanol–water partition coefficient (Wildman–Crippen LogP) is 1.45. The van der Waals surface area contributed by atoms with Gasteiger partial charge in [-0.15, -0.1) is 0 Å². The Morgan fingerprint density at radius 3 is 2.78 bits per heavy atom. The van der Waals surface area contributed by atoms with Gasteiger partial charge in [0.05, 0.1) is 6.20 Å². The molecule has 0 spiro atoms. The van der Waals surface area contributed by atoms with Gasteiger partial charge in [0.1, 0.15) is 16.9 Å². The second-order valence-electron chi connectivity index (χ2n) is 4.20. The standard InChI is InChI=1S/C11H13N3O3S/c15-18(16,14-4-1-2-5-14)9-7-10(13-8-9)11-12-3-6-17-11/h3,6-8,13H,1-2,4-5H2. The molecule has 1 saturated heterocycles. The molecule has 7 heteroatoms. The molecule has 2 aromatic heterocycles. The molecule has 0 amide bonds. The Kier molecular flexibility index (Phi) is 2.71. The summed E-state index contributed by atoms with van der Waals surface area (Å²) in [5.41, 5.74) is 0.567. The molecular formula is C11H13N3O3S. The molecule has 3 heterocycles. The van der Waals surface area contributed by atoms with Crippen LogP contribution in [0.4, 0.5) is 0 Å². The molecular weight excluding hydrogens is 254 g/mol. The van der Waals surface area contributed by atoms with E-state index in [1.807, 2.05) is 0 Å². The number of H-pyrrole nitrogens is 1. The van der Waals surface area contributed by atoms with E-state index in [9.17, 15) is 8.42 Å². The average molecular weight is 267 g/mol. The number of nitrogens with one attached hydrogen (secondary N) is 1. The highest BCUT2D eigenvalue weighted by molar-refractivity contribution is 7.89. The van der Waals surface area contributed by atoms with Crippen LogP contribution >= 0.6 is 0 Å². The van der Waals surface area contributed by atoms with Crippen molar-refractivity contribution in [3.05, 3.63) is 24.7 Å². The molecule has 0 radical (unpaired) electrons. The van der Waals surface area contributed by atoms with Gasteiger partial charge in [0, 0.05) is 19.3 Å². The van der Waals surface area contributed by atoms with Crippen LogP contribution in [-0.4, -0.2) is 35.8 Å². The zero-order valence-electron chi connectivity index (χ0n) is 9.67. The number of aromatic nitrogens is 2. The van der Waals surface area contributed by atoms with E-state index in [0.717, 1.165) is 12.8 Å². The van der Waals surface area contributed by atoms with Crippen LogP contribution < -0.4 is 0 Å². The maximum Gasteiger partial charge on any atom is 0.244 e. The van der Waals surface area contributed by atoms with Crippen molar-refractivity contribution in [3.8, 4) is 11.6 Å². The van der Waals surface area contributed by atoms with Crippen LogP contribution in [-0.2, 0) is 10.0 Å². The lowest BCUT2D eigenvalue weighted by atomic mass is 10.4. The minimum atomic E-state index is -3.38. The number of nitrogens with zero attached hydrogens (tertiary/aromatic N) is 2. The monoisotopic (exact) mass is 267 g/mol. The highest BCUT2D eigenvalue weighted by Crippen LogP contribution is 2.24. The van der Waals surface area contributed by atoms with E-state index in [4.69, 9.17) is 4.42 Å². The van der Waals surface area contributed by atoms with Crippen molar-refractivity contribution in [1.29, 1.82) is 0 Å². The van der Waals surface area contributed by atoms with Crippen LogP contribution in [0.1, 0.15) is 12.8 Å². The summed E-state index contributed by atoms with van der Waals surface area (Å²) < 4.78 is 31.2. The summed E-state index contributed by atoms with van der Waals surface area (Å²) >= 11 is 0. The molecule has 0 aliphatic carbocycles. The maximum absolute atomic E-state index is 12.3. The number of aromatic amines is 1. The van der Waals surface area contributed by atoms with Gasteiger partial charge in [-0.25, -0.2) is 13.4 Å². The fraction of sp³-hybridized carbons (Fsp3) is 0.364. The van der Waals surface area contributed by atoms with Gasteiger partial charge >= 0.3 is 0 Å². The minimum absolute atomic E-state index is 0.262. The van der Waals surface area contributed by atoms with Gasteiger partial charge in [-0.1, -0.05) is 0 Å². The van der Waals surface area contributed by atoms with E-state index < -0.39 is 10.0 Å². The third-order valence-corrected chi connectivity index (χ3v) is 4.90. The molecule has 0 unspecified atom stereocenters. The topological polar surface area (TPSA) is 79.2 Å². The fourth-order valence-corrected chi connectivity index (χ4v) is 3.59. The lowest BCUT2D eigenvalue weighted by Gasteiger charge is -2.13. The molecule has 18 heavy (non-hydrogen) atoms. The van der Waals surface area contributed by atoms with Crippen molar-refractivity contribution in [1.82, 2.24) is 14.3 Å². The van der Waals surface area contributed by atoms with Gasteiger partial charge in [-0.05, 0) is 18.9 Å². The van der Waals surface area contributed by atoms with Gasteiger partial charge in [0.15, 0.2) is 0 Å². The van der Waals surface area contributed by atoms with Gasteiger partial charge in [-0.2, -0.15) is 4.31 Å². The Hall–Kier alpha value is -1.60. The number of rotatable bonds is 3. The lowest BCUT2D eigenvalue weighted by molar-refractivity contribution is 0.477. The third kappa shape index (κ3) is 1.85. The Bertz CT molecular complexity index is 624. The average Bonchev–Trinajstić information content (AvgIpc) is 3.12. The molecule has 1 aliphatic rings. The summed E-state index contributed by atoms with van der Waals surface area (Å²) in [6, 6.07) is 1.56. The summed E-state index contributed by atoms with van der Waals surface area (Å²) in [6.45, 7) is 1.20. The first-order valence-corrected chi connectivity index (χ1v) is 7.20. The Labute approximate surface area is 105 Å². The molecule has 0 bridgehead atoms. The van der Waals surface area contributed by atoms with Gasteiger partial charge in [0.2, 0.25) is 15.9 Å². The smallest absolute Gasteiger partial charge is 0.244 e. The van der Waals surface area contributed by atoms with E-state index in [1.54, 1.807) is 6.07 Å². The number of sulfonamides is 1. The number of oxazole rings is 1. The maximum atomic E-state index is 12.3. The Balaban J connectivity index is 1.93. The summed E-state index contributed by atoms with van der Waals surface area (Å²) in [5, 5.41) is 0. The first-order chi connectivity index (χ1) is 8.68. The molecule has 3 rings (SSSR count). The summed E-state index contributed by atoms with van der Waals surface area (Å²) in [7, 11) is -3.38. The van der Waals surface area contributed by atoms with E-state index in [1.165, 1.54) is 23.0 Å². The second-order valence-corrected chi connectivity index (χ2v) is 6.14. The molecule has 0 saturated carbocycles. The molecule has 1 N–H and O–H groups in total. The van der Waals surface area contributed by atoms with Crippen LogP contribution in [0.25, 0.3) is 11.6 Å². The van der Waals surface area contributed by atoms with Crippen LogP contribution in [0.2, 0.25) is 0 Å². The Morgan fingerprint density at radius 2 is 2.11 bits per heavy atom. The highest BCUT2D eigenvalue weighted by Gasteiger charge is 2.28. The van der Waals surface area contributed by atoms with Crippen molar-refractivity contribution < 1.29 is 12.8 Å². The van der Waals surface area contributed by atoms with E-state index in [2.05, 4.69) is 9.97 Å². The van der Waals surface area contributed by atoms with Gasteiger partial charge in [-0.3, -0.25) is 0 Å². The van der Waals surface area contributed by atoms with Crippen molar-refractivity contribution in [2.24, 2.45) is 0 Å². The Morgan fingerprint density at radius 1 is 1.33 bits per heavy atom. The summed E-state index contributed by atoms with van der Waals surface area (Å²) in [6.07, 6.45) is 6.30. The zero-order valence-corrected chi connectivity index (χ0v) is 10.5. The van der Waals surface area contributed by atoms with Crippen molar-refractivity contribution in [3.63, 3.8) is 0 Å². The van der Waals surface area contributed by atoms with Gasteiger partial charge in [0.25, 0.3) is 0 Å². The van der Waals surface area contributed by atoms with Crippen LogP contribution in [0, 0.1) is 0 Å². The van der Waals surface area contributed by atoms with Crippen LogP contribution in [0.3, 0.4) is 0 Å². The molecule has 2 aromatic rings. The second kappa shape index (κ2) is 4.25. The zero-order chi connectivity index (χ0) is 12.6. The van der Waals surface area contributed by atoms with E-state index in [-0.39, 0.29) is 4.90 Å². The largest absolute Gasteiger partial charge is 0.443 e. The fourth-order valence-electron chi connectivity index (χ4n) is 2.08. The number of hydrogen-bond donors (Lipinski definition) is 1. The third-order valence-electron chi connectivity index (χ3n) is 3.02. The van der Waals surface area contributed by atoms with E-state index >= 15 is 0 Å². The first kappa shape index (κ1) is 11.5. The summed E-state index contributed by atoms with van der Waals surface area (Å²) in [4.78, 5) is 7.11. The van der Waals surface area contributed by atoms with Crippen molar-refractivity contribution in [2.75, 3.05) is 13.1 Å². The highest BCUT2D eigenvalue weighted by atomic mass is 32.2. The molecule has 0 atom stereocenters. The molecule has 1 fully saturated rings. The first-order valence-electron chi connectivity index (χ1n) is 5.76. The minimum Gasteiger partial charge on any atom is -0.443 e. The molecule has 0 aromatic carbocycles. The SMILES string of the molecule is O=S(=O)(c1c[nH]c(-c2ncco2)c1)N1CCCC1. The van der Waals surface area contributed by atoms with E-state index in [0.29, 0.717) is 24.7 Å². The number of hydrogen-bond acceptors (Lipinski definition) is 4. The van der Waals surface area contributed by atoms with Crippen molar-refractivity contribution in [2.45, 2.75) is 17.7 Å². The van der Waals surface area contributed by atoms with Crippen LogP contribution in [0.15, 0.2) is 34.0 Å². The molecule has 6 nitrogen and oxygen atoms in total. The lowest BCUT2D eigenvalue weighted by Crippen LogP contribution is -2.27. The normalized spacial score (nSPS) is 17.3. The van der Waals surface area contributed by atoms with Crippen molar-refractivity contribution >= 4 is 10.0 Å². The molecule has 1 aliphatic heterocycles. The summed E-state index contributed by atoms with van der Waals surface area (Å²) in [5.74, 6) is 0.387. The quantitative estimate of drug-likeness (QED) is 0.913. The molecule has 96 valence electrons.